The summed E-state index contributed by atoms with van der Waals surface area (Å²) in [4.78, 5) is 11.4. The summed E-state index contributed by atoms with van der Waals surface area (Å²) in [7, 11) is -2.82. The van der Waals surface area contributed by atoms with E-state index in [1.165, 1.54) is 0 Å². The van der Waals surface area contributed by atoms with E-state index in [4.69, 9.17) is 0 Å². The van der Waals surface area contributed by atoms with Crippen molar-refractivity contribution in [3.8, 4) is 0 Å². The molecule has 2 aliphatic rings. The molecule has 0 N–H and O–H groups in total. The molecule has 2 heterocycles. The van der Waals surface area contributed by atoms with Crippen LogP contribution in [0.5, 0.6) is 0 Å². The first-order valence-electron chi connectivity index (χ1n) is 4.39. The number of carbonyl (C=O) groups is 1. The molecule has 2 unspecified atom stereocenters. The monoisotopic (exact) mass is 220 g/mol. The number of hydrogen-bond acceptors (Lipinski definition) is 4. The van der Waals surface area contributed by atoms with Gasteiger partial charge in [-0.15, -0.1) is 0 Å². The third-order valence-electron chi connectivity index (χ3n) is 2.79. The molecule has 0 aromatic carbocycles. The number of sulfone groups is 1. The molecular formula is C8H12O3S2. The lowest BCUT2D eigenvalue weighted by Crippen LogP contribution is -2.23. The summed E-state index contributed by atoms with van der Waals surface area (Å²) in [5.41, 5.74) is 0. The predicted molar refractivity (Wildman–Crippen MR) is 52.6 cm³/mol. The highest BCUT2D eigenvalue weighted by atomic mass is 32.2. The zero-order valence-corrected chi connectivity index (χ0v) is 8.86. The van der Waals surface area contributed by atoms with Crippen LogP contribution >= 0.6 is 11.8 Å². The Bertz CT molecular complexity index is 320. The first-order valence-corrected chi connectivity index (χ1v) is 7.37. The van der Waals surface area contributed by atoms with E-state index >= 15 is 0 Å². The SMILES string of the molecule is O=C1CSCC1C1CCS(=O)(=O)C1. The van der Waals surface area contributed by atoms with Crippen molar-refractivity contribution in [1.82, 2.24) is 0 Å². The number of rotatable bonds is 1. The minimum atomic E-state index is -2.82. The molecule has 0 aliphatic carbocycles. The van der Waals surface area contributed by atoms with Crippen LogP contribution in [0.4, 0.5) is 0 Å². The highest BCUT2D eigenvalue weighted by Gasteiger charge is 2.39. The molecule has 3 nitrogen and oxygen atoms in total. The van der Waals surface area contributed by atoms with Crippen LogP contribution in [0.2, 0.25) is 0 Å². The third kappa shape index (κ3) is 1.91. The maximum Gasteiger partial charge on any atom is 0.150 e. The van der Waals surface area contributed by atoms with Crippen LogP contribution in [0.1, 0.15) is 6.42 Å². The number of ketones is 1. The van der Waals surface area contributed by atoms with Crippen molar-refractivity contribution in [2.45, 2.75) is 6.42 Å². The Labute approximate surface area is 82.2 Å². The summed E-state index contributed by atoms with van der Waals surface area (Å²) in [6, 6.07) is 0. The largest absolute Gasteiger partial charge is 0.298 e. The maximum absolute atomic E-state index is 11.4. The number of hydrogen-bond donors (Lipinski definition) is 0. The minimum absolute atomic E-state index is 0.0299. The molecule has 2 atom stereocenters. The van der Waals surface area contributed by atoms with Gasteiger partial charge in [-0.1, -0.05) is 0 Å². The van der Waals surface area contributed by atoms with Crippen molar-refractivity contribution in [3.63, 3.8) is 0 Å². The van der Waals surface area contributed by atoms with E-state index in [2.05, 4.69) is 0 Å². The molecule has 2 fully saturated rings. The van der Waals surface area contributed by atoms with Crippen molar-refractivity contribution in [1.29, 1.82) is 0 Å². The van der Waals surface area contributed by atoms with Crippen LogP contribution in [-0.2, 0) is 14.6 Å². The van der Waals surface area contributed by atoms with E-state index < -0.39 is 9.84 Å². The molecule has 13 heavy (non-hydrogen) atoms. The Morgan fingerprint density at radius 3 is 2.62 bits per heavy atom. The topological polar surface area (TPSA) is 51.2 Å². The van der Waals surface area contributed by atoms with Gasteiger partial charge in [-0.2, -0.15) is 11.8 Å². The maximum atomic E-state index is 11.4. The number of thioether (sulfide) groups is 1. The van der Waals surface area contributed by atoms with Crippen LogP contribution in [0.3, 0.4) is 0 Å². The summed E-state index contributed by atoms with van der Waals surface area (Å²) >= 11 is 1.63. The summed E-state index contributed by atoms with van der Waals surface area (Å²) < 4.78 is 22.4. The first kappa shape index (κ1) is 9.52. The molecule has 5 heteroatoms. The molecule has 0 aromatic heterocycles. The fourth-order valence-corrected chi connectivity index (χ4v) is 5.15. The second-order valence-electron chi connectivity index (χ2n) is 3.75. The van der Waals surface area contributed by atoms with Gasteiger partial charge in [0, 0.05) is 11.7 Å². The van der Waals surface area contributed by atoms with E-state index in [9.17, 15) is 13.2 Å². The van der Waals surface area contributed by atoms with Gasteiger partial charge in [0.05, 0.1) is 17.3 Å². The van der Waals surface area contributed by atoms with Gasteiger partial charge in [-0.05, 0) is 12.3 Å². The average molecular weight is 220 g/mol. The summed E-state index contributed by atoms with van der Waals surface area (Å²) in [6.07, 6.45) is 0.694. The second kappa shape index (κ2) is 3.28. The minimum Gasteiger partial charge on any atom is -0.298 e. The molecule has 0 radical (unpaired) electrons. The molecule has 74 valence electrons. The third-order valence-corrected chi connectivity index (χ3v) is 5.67. The van der Waals surface area contributed by atoms with Crippen LogP contribution in [0, 0.1) is 11.8 Å². The number of Topliss-reactive ketones (excluding diaryl/α,β-unsaturated/α-hetero) is 1. The highest BCUT2D eigenvalue weighted by Crippen LogP contribution is 2.33. The van der Waals surface area contributed by atoms with Crippen molar-refractivity contribution in [2.24, 2.45) is 11.8 Å². The molecular weight excluding hydrogens is 208 g/mol. The van der Waals surface area contributed by atoms with Gasteiger partial charge in [0.2, 0.25) is 0 Å². The number of carbonyl (C=O) groups excluding carboxylic acids is 1. The van der Waals surface area contributed by atoms with Gasteiger partial charge < -0.3 is 0 Å². The summed E-state index contributed by atoms with van der Waals surface area (Å²) in [5.74, 6) is 2.35. The Morgan fingerprint density at radius 2 is 2.15 bits per heavy atom. The van der Waals surface area contributed by atoms with Gasteiger partial charge in [-0.3, -0.25) is 4.79 Å². The smallest absolute Gasteiger partial charge is 0.150 e. The molecule has 2 aliphatic heterocycles. The zero-order valence-electron chi connectivity index (χ0n) is 7.23. The fourth-order valence-electron chi connectivity index (χ4n) is 2.03. The Morgan fingerprint density at radius 1 is 1.38 bits per heavy atom. The normalized spacial score (nSPS) is 38.3. The van der Waals surface area contributed by atoms with Gasteiger partial charge in [0.25, 0.3) is 0 Å². The van der Waals surface area contributed by atoms with Crippen LogP contribution in [-0.4, -0.2) is 37.2 Å². The van der Waals surface area contributed by atoms with Crippen LogP contribution in [0.15, 0.2) is 0 Å². The van der Waals surface area contributed by atoms with Crippen molar-refractivity contribution < 1.29 is 13.2 Å². The van der Waals surface area contributed by atoms with E-state index in [0.717, 1.165) is 5.75 Å². The van der Waals surface area contributed by atoms with Crippen molar-refractivity contribution in [2.75, 3.05) is 23.0 Å². The van der Waals surface area contributed by atoms with Crippen LogP contribution < -0.4 is 0 Å². The van der Waals surface area contributed by atoms with Crippen LogP contribution in [0.25, 0.3) is 0 Å². The Balaban J connectivity index is 2.07. The molecule has 0 saturated carbocycles. The van der Waals surface area contributed by atoms with Gasteiger partial charge in [0.15, 0.2) is 9.84 Å². The molecule has 2 rings (SSSR count). The second-order valence-corrected chi connectivity index (χ2v) is 7.01. The van der Waals surface area contributed by atoms with Gasteiger partial charge >= 0.3 is 0 Å². The van der Waals surface area contributed by atoms with Gasteiger partial charge in [0.1, 0.15) is 5.78 Å². The van der Waals surface area contributed by atoms with E-state index in [-0.39, 0.29) is 29.1 Å². The first-order chi connectivity index (χ1) is 6.08. The lowest BCUT2D eigenvalue weighted by atomic mass is 9.91. The van der Waals surface area contributed by atoms with E-state index in [0.29, 0.717) is 12.2 Å². The Kier molecular flexibility index (Phi) is 2.40. The average Bonchev–Trinajstić information content (AvgIpc) is 2.56. The summed E-state index contributed by atoms with van der Waals surface area (Å²) in [6.45, 7) is 0. The van der Waals surface area contributed by atoms with Crippen molar-refractivity contribution >= 4 is 27.4 Å². The molecule has 0 aromatic rings. The molecule has 0 bridgehead atoms. The lowest BCUT2D eigenvalue weighted by molar-refractivity contribution is -0.120. The zero-order chi connectivity index (χ0) is 9.47. The van der Waals surface area contributed by atoms with E-state index in [1.807, 2.05) is 0 Å². The molecule has 0 amide bonds. The van der Waals surface area contributed by atoms with E-state index in [1.54, 1.807) is 11.8 Å². The van der Waals surface area contributed by atoms with Gasteiger partial charge in [-0.25, -0.2) is 8.42 Å². The lowest BCUT2D eigenvalue weighted by Gasteiger charge is -2.12. The summed E-state index contributed by atoms with van der Waals surface area (Å²) in [5, 5.41) is 0. The molecule has 0 spiro atoms. The Hall–Kier alpha value is -0.0300. The fraction of sp³-hybridized carbons (Fsp3) is 0.875. The standard InChI is InChI=1S/C8H12O3S2/c9-8-4-12-3-7(8)6-1-2-13(10,11)5-6/h6-7H,1-5H2. The highest BCUT2D eigenvalue weighted by molar-refractivity contribution is 8.00. The molecule has 2 saturated heterocycles. The quantitative estimate of drug-likeness (QED) is 0.640. The predicted octanol–water partition coefficient (Wildman–Crippen LogP) is 0.353. The van der Waals surface area contributed by atoms with Crippen molar-refractivity contribution in [3.05, 3.63) is 0 Å².